The van der Waals surface area contributed by atoms with Crippen molar-refractivity contribution in [1.82, 2.24) is 10.6 Å². The molecule has 0 fully saturated rings. The molecule has 0 atom stereocenters. The van der Waals surface area contributed by atoms with E-state index in [9.17, 15) is 19.2 Å². The van der Waals surface area contributed by atoms with Crippen LogP contribution in [-0.2, 0) is 19.2 Å². The van der Waals surface area contributed by atoms with Crippen molar-refractivity contribution in [3.63, 3.8) is 0 Å². The van der Waals surface area contributed by atoms with Gasteiger partial charge in [-0.1, -0.05) is 98.9 Å². The van der Waals surface area contributed by atoms with Gasteiger partial charge < -0.3 is 0 Å². The first kappa shape index (κ1) is 25.6. The molecule has 4 amide bonds. The van der Waals surface area contributed by atoms with Gasteiger partial charge in [0.15, 0.2) is 0 Å². The SMILES string of the molecule is O=C1NC(=O)C(c2c(Cl)ccc(-c3c(Cl)c(Cl)c(Cl)c(Cl)c3Cl)c2C2=C(Cl)C(=O)NC2=O)=C1Cl. The third kappa shape index (κ3) is 3.81. The van der Waals surface area contributed by atoms with Crippen molar-refractivity contribution >= 4 is 128 Å². The Bertz CT molecular complexity index is 1430. The molecule has 4 rings (SSSR count). The maximum absolute atomic E-state index is 12.8. The highest BCUT2D eigenvalue weighted by Gasteiger charge is 2.39. The van der Waals surface area contributed by atoms with E-state index in [4.69, 9.17) is 92.8 Å². The maximum Gasteiger partial charge on any atom is 0.270 e. The summed E-state index contributed by atoms with van der Waals surface area (Å²) in [5, 5.41) is 2.16. The van der Waals surface area contributed by atoms with Crippen molar-refractivity contribution in [1.29, 1.82) is 0 Å². The third-order valence-electron chi connectivity index (χ3n) is 4.88. The lowest BCUT2D eigenvalue weighted by Gasteiger charge is -2.20. The van der Waals surface area contributed by atoms with Gasteiger partial charge >= 0.3 is 0 Å². The number of rotatable bonds is 3. The van der Waals surface area contributed by atoms with Gasteiger partial charge in [0, 0.05) is 21.7 Å². The summed E-state index contributed by atoms with van der Waals surface area (Å²) in [5.74, 6) is -3.62. The van der Waals surface area contributed by atoms with Crippen LogP contribution < -0.4 is 10.6 Å². The number of hydrogen-bond donors (Lipinski definition) is 2. The van der Waals surface area contributed by atoms with Crippen LogP contribution in [0.2, 0.25) is 30.1 Å². The topological polar surface area (TPSA) is 92.3 Å². The minimum absolute atomic E-state index is 0.0128. The van der Waals surface area contributed by atoms with E-state index < -0.39 is 33.7 Å². The fourth-order valence-corrected chi connectivity index (χ4v) is 5.49. The van der Waals surface area contributed by atoms with Gasteiger partial charge in [-0.2, -0.15) is 0 Å². The molecule has 174 valence electrons. The zero-order valence-corrected chi connectivity index (χ0v) is 21.9. The third-order valence-corrected chi connectivity index (χ3v) is 8.19. The average Bonchev–Trinajstić information content (AvgIpc) is 3.18. The van der Waals surface area contributed by atoms with Crippen LogP contribution in [0.4, 0.5) is 0 Å². The molecule has 0 unspecified atom stereocenters. The summed E-state index contributed by atoms with van der Waals surface area (Å²) < 4.78 is 0. The van der Waals surface area contributed by atoms with Crippen LogP contribution in [0.3, 0.4) is 0 Å². The van der Waals surface area contributed by atoms with E-state index in [1.54, 1.807) is 0 Å². The van der Waals surface area contributed by atoms with E-state index in [0.29, 0.717) is 0 Å². The largest absolute Gasteiger partial charge is 0.287 e. The van der Waals surface area contributed by atoms with Gasteiger partial charge in [0.25, 0.3) is 23.6 Å². The molecule has 0 radical (unpaired) electrons. The number of nitrogens with one attached hydrogen (secondary N) is 2. The molecule has 0 aliphatic carbocycles. The van der Waals surface area contributed by atoms with Crippen LogP contribution in [0.15, 0.2) is 22.2 Å². The van der Waals surface area contributed by atoms with Crippen molar-refractivity contribution in [2.75, 3.05) is 0 Å². The summed E-state index contributed by atoms with van der Waals surface area (Å²) in [6.45, 7) is 0. The summed E-state index contributed by atoms with van der Waals surface area (Å²) in [7, 11) is 0. The predicted octanol–water partition coefficient (Wildman–Crippen LogP) is 6.49. The van der Waals surface area contributed by atoms with Gasteiger partial charge in [-0.15, -0.1) is 0 Å². The summed E-state index contributed by atoms with van der Waals surface area (Å²) in [6, 6.07) is 2.71. The highest BCUT2D eigenvalue weighted by atomic mass is 35.5. The smallest absolute Gasteiger partial charge is 0.270 e. The summed E-state index contributed by atoms with van der Waals surface area (Å²) in [5.41, 5.74) is -1.07. The first-order chi connectivity index (χ1) is 15.9. The molecular formula is C20H4Cl8N2O4. The van der Waals surface area contributed by atoms with Gasteiger partial charge in [-0.25, -0.2) is 0 Å². The monoisotopic (exact) mass is 616 g/mol. The van der Waals surface area contributed by atoms with Crippen molar-refractivity contribution in [2.24, 2.45) is 0 Å². The molecule has 2 aromatic carbocycles. The second-order valence-electron chi connectivity index (χ2n) is 6.73. The van der Waals surface area contributed by atoms with E-state index in [-0.39, 0.29) is 63.5 Å². The lowest BCUT2D eigenvalue weighted by Crippen LogP contribution is -2.23. The van der Waals surface area contributed by atoms with Crippen LogP contribution in [0.25, 0.3) is 22.3 Å². The Hall–Kier alpha value is -1.48. The van der Waals surface area contributed by atoms with Crippen LogP contribution >= 0.6 is 92.8 Å². The maximum atomic E-state index is 12.8. The zero-order valence-electron chi connectivity index (χ0n) is 15.8. The normalized spacial score (nSPS) is 16.1. The molecule has 14 heteroatoms. The first-order valence-electron chi connectivity index (χ1n) is 8.74. The second-order valence-corrected chi connectivity index (χ2v) is 9.79. The van der Waals surface area contributed by atoms with E-state index in [1.807, 2.05) is 10.6 Å². The van der Waals surface area contributed by atoms with Gasteiger partial charge in [0.1, 0.15) is 10.1 Å². The Morgan fingerprint density at radius 2 is 0.882 bits per heavy atom. The molecule has 0 saturated heterocycles. The summed E-state index contributed by atoms with van der Waals surface area (Å²) in [6.07, 6.45) is 0. The molecule has 2 aliphatic heterocycles. The van der Waals surface area contributed by atoms with Crippen LogP contribution in [-0.4, -0.2) is 23.6 Å². The van der Waals surface area contributed by atoms with Gasteiger partial charge in [-0.05, 0) is 11.6 Å². The molecule has 2 heterocycles. The highest BCUT2D eigenvalue weighted by Crippen LogP contribution is 2.52. The fraction of sp³-hybridized carbons (Fsp3) is 0. The van der Waals surface area contributed by atoms with Crippen LogP contribution in [0, 0.1) is 0 Å². The Morgan fingerprint density at radius 1 is 0.471 bits per heavy atom. The number of carbonyl (C=O) groups is 4. The number of imide groups is 2. The van der Waals surface area contributed by atoms with Gasteiger partial charge in [-0.3, -0.25) is 29.8 Å². The molecule has 6 nitrogen and oxygen atoms in total. The molecule has 34 heavy (non-hydrogen) atoms. The Labute approximate surface area is 230 Å². The first-order valence-corrected chi connectivity index (χ1v) is 11.8. The van der Waals surface area contributed by atoms with E-state index in [1.165, 1.54) is 12.1 Å². The minimum atomic E-state index is -0.917. The number of hydrogen-bond acceptors (Lipinski definition) is 4. The predicted molar refractivity (Wildman–Crippen MR) is 134 cm³/mol. The Morgan fingerprint density at radius 3 is 1.29 bits per heavy atom. The van der Waals surface area contributed by atoms with Crippen LogP contribution in [0.1, 0.15) is 11.1 Å². The molecule has 2 N–H and O–H groups in total. The van der Waals surface area contributed by atoms with Crippen molar-refractivity contribution in [3.05, 3.63) is 63.5 Å². The quantitative estimate of drug-likeness (QED) is 0.234. The van der Waals surface area contributed by atoms with Crippen molar-refractivity contribution in [3.8, 4) is 11.1 Å². The molecule has 0 spiro atoms. The minimum Gasteiger partial charge on any atom is -0.287 e. The standard InChI is InChI=1S/C20H4Cl8N2O4/c21-4-2-1-3(6-10(22)14(26)16(28)15(27)11(6)23)5(8-12(24)19(33)29-17(8)31)7(4)9-13(25)20(34)30-18(9)32/h1-2H,(H,29,31,33)(H,30,32,34). The fourth-order valence-electron chi connectivity index (χ4n) is 3.44. The van der Waals surface area contributed by atoms with Gasteiger partial charge in [0.2, 0.25) is 0 Å². The van der Waals surface area contributed by atoms with Crippen LogP contribution in [0.5, 0.6) is 0 Å². The number of carbonyl (C=O) groups excluding carboxylic acids is 4. The van der Waals surface area contributed by atoms with Gasteiger partial charge in [0.05, 0.1) is 36.3 Å². The molecule has 2 aliphatic rings. The number of benzene rings is 2. The molecule has 2 aromatic rings. The molecule has 0 bridgehead atoms. The molecule has 0 aromatic heterocycles. The lowest BCUT2D eigenvalue weighted by molar-refractivity contribution is -0.125. The number of halogens is 8. The van der Waals surface area contributed by atoms with E-state index >= 15 is 0 Å². The highest BCUT2D eigenvalue weighted by molar-refractivity contribution is 6.59. The second kappa shape index (κ2) is 9.19. The zero-order chi connectivity index (χ0) is 25.2. The lowest BCUT2D eigenvalue weighted by atomic mass is 9.87. The number of amides is 4. The Kier molecular flexibility index (Phi) is 6.92. The van der Waals surface area contributed by atoms with E-state index in [2.05, 4.69) is 0 Å². The molecule has 0 saturated carbocycles. The van der Waals surface area contributed by atoms with Crippen molar-refractivity contribution in [2.45, 2.75) is 0 Å². The summed E-state index contributed by atoms with van der Waals surface area (Å²) in [4.78, 5) is 49.6. The van der Waals surface area contributed by atoms with Crippen molar-refractivity contribution < 1.29 is 19.2 Å². The average molecular weight is 620 g/mol. The van der Waals surface area contributed by atoms with E-state index in [0.717, 1.165) is 0 Å². The Balaban J connectivity index is 2.25. The summed E-state index contributed by atoms with van der Waals surface area (Å²) >= 11 is 50.1. The molecular weight excluding hydrogens is 616 g/mol.